The van der Waals surface area contributed by atoms with Crippen LogP contribution in [0, 0.1) is 0 Å². The molecular weight excluding hydrogens is 283 g/mol. The maximum Gasteiger partial charge on any atom is 0.401 e. The van der Waals surface area contributed by atoms with Crippen LogP contribution in [0.3, 0.4) is 0 Å². The minimum atomic E-state index is -4.23. The maximum absolute atomic E-state index is 12.6. The highest BCUT2D eigenvalue weighted by atomic mass is 19.4. The predicted octanol–water partition coefficient (Wildman–Crippen LogP) is 3.31. The Morgan fingerprint density at radius 2 is 2.00 bits per heavy atom. The summed E-state index contributed by atoms with van der Waals surface area (Å²) in [6.07, 6.45) is -0.263. The molecule has 0 radical (unpaired) electrons. The molecule has 114 valence electrons. The van der Waals surface area contributed by atoms with Crippen molar-refractivity contribution < 1.29 is 23.1 Å². The number of alkyl halides is 3. The molecule has 6 heteroatoms. The monoisotopic (exact) mass is 299 g/mol. The summed E-state index contributed by atoms with van der Waals surface area (Å²) in [6.45, 7) is -0.765. The Bertz CT molecular complexity index is 536. The summed E-state index contributed by atoms with van der Waals surface area (Å²) in [4.78, 5) is 12.0. The van der Waals surface area contributed by atoms with Crippen LogP contribution in [0.2, 0.25) is 0 Å². The topological polar surface area (TPSA) is 40.5 Å². The number of halogens is 3. The zero-order chi connectivity index (χ0) is 15.5. The fourth-order valence-corrected chi connectivity index (χ4v) is 2.20. The largest absolute Gasteiger partial charge is 0.478 e. The van der Waals surface area contributed by atoms with Crippen molar-refractivity contribution in [2.45, 2.75) is 31.6 Å². The number of aliphatic carboxylic acids is 1. The van der Waals surface area contributed by atoms with Gasteiger partial charge in [0.05, 0.1) is 6.54 Å². The van der Waals surface area contributed by atoms with Crippen molar-refractivity contribution in [1.82, 2.24) is 4.90 Å². The molecule has 21 heavy (non-hydrogen) atoms. The Labute approximate surface area is 120 Å². The van der Waals surface area contributed by atoms with E-state index in [9.17, 15) is 18.0 Å². The number of hydrogen-bond acceptors (Lipinski definition) is 2. The molecule has 0 atom stereocenters. The van der Waals surface area contributed by atoms with Crippen LogP contribution in [0.25, 0.3) is 6.08 Å². The molecule has 0 aromatic heterocycles. The Morgan fingerprint density at radius 3 is 2.57 bits per heavy atom. The smallest absolute Gasteiger partial charge is 0.401 e. The van der Waals surface area contributed by atoms with E-state index in [1.54, 1.807) is 24.3 Å². The van der Waals surface area contributed by atoms with Crippen LogP contribution in [0.1, 0.15) is 24.0 Å². The predicted molar refractivity (Wildman–Crippen MR) is 72.6 cm³/mol. The molecule has 1 aromatic carbocycles. The minimum absolute atomic E-state index is 0.0249. The zero-order valence-electron chi connectivity index (χ0n) is 11.3. The summed E-state index contributed by atoms with van der Waals surface area (Å²) in [5, 5.41) is 8.65. The van der Waals surface area contributed by atoms with E-state index in [-0.39, 0.29) is 12.6 Å². The van der Waals surface area contributed by atoms with Crippen molar-refractivity contribution in [2.24, 2.45) is 0 Å². The summed E-state index contributed by atoms with van der Waals surface area (Å²) < 4.78 is 37.9. The quantitative estimate of drug-likeness (QED) is 0.819. The summed E-state index contributed by atoms with van der Waals surface area (Å²) in [5.41, 5.74) is 1.33. The van der Waals surface area contributed by atoms with Gasteiger partial charge < -0.3 is 5.11 Å². The molecule has 1 aliphatic carbocycles. The average Bonchev–Trinajstić information content (AvgIpc) is 3.19. The van der Waals surface area contributed by atoms with Crippen LogP contribution in [-0.4, -0.2) is 34.7 Å². The van der Waals surface area contributed by atoms with Crippen molar-refractivity contribution in [3.63, 3.8) is 0 Å². The highest BCUT2D eigenvalue weighted by molar-refractivity contribution is 5.85. The van der Waals surface area contributed by atoms with Gasteiger partial charge in [0.15, 0.2) is 0 Å². The highest BCUT2D eigenvalue weighted by Gasteiger charge is 2.38. The molecule has 0 heterocycles. The number of hydrogen-bond donors (Lipinski definition) is 1. The number of rotatable bonds is 6. The lowest BCUT2D eigenvalue weighted by Crippen LogP contribution is -2.35. The third-order valence-corrected chi connectivity index (χ3v) is 3.28. The number of nitrogens with zero attached hydrogens (tertiary/aromatic N) is 1. The molecule has 1 fully saturated rings. The van der Waals surface area contributed by atoms with E-state index in [4.69, 9.17) is 5.11 Å². The lowest BCUT2D eigenvalue weighted by Gasteiger charge is -2.24. The average molecular weight is 299 g/mol. The second-order valence-corrected chi connectivity index (χ2v) is 5.12. The van der Waals surface area contributed by atoms with Gasteiger partial charge in [-0.05, 0) is 30.0 Å². The van der Waals surface area contributed by atoms with E-state index in [0.717, 1.165) is 18.9 Å². The summed E-state index contributed by atoms with van der Waals surface area (Å²) >= 11 is 0. The zero-order valence-corrected chi connectivity index (χ0v) is 11.3. The van der Waals surface area contributed by atoms with Gasteiger partial charge in [-0.25, -0.2) is 4.79 Å². The van der Waals surface area contributed by atoms with Gasteiger partial charge in [-0.1, -0.05) is 24.3 Å². The van der Waals surface area contributed by atoms with Gasteiger partial charge in [-0.15, -0.1) is 0 Å². The molecule has 3 nitrogen and oxygen atoms in total. The van der Waals surface area contributed by atoms with Gasteiger partial charge in [0, 0.05) is 18.7 Å². The van der Waals surface area contributed by atoms with Crippen LogP contribution < -0.4 is 0 Å². The van der Waals surface area contributed by atoms with Gasteiger partial charge in [0.2, 0.25) is 0 Å². The molecule has 0 spiro atoms. The third kappa shape index (κ3) is 5.23. The first-order valence-electron chi connectivity index (χ1n) is 6.65. The second-order valence-electron chi connectivity index (χ2n) is 5.12. The molecule has 1 saturated carbocycles. The van der Waals surface area contributed by atoms with Crippen molar-refractivity contribution in [1.29, 1.82) is 0 Å². The number of carbonyl (C=O) groups is 1. The normalized spacial score (nSPS) is 15.8. The lowest BCUT2D eigenvalue weighted by molar-refractivity contribution is -0.148. The standard InChI is InChI=1S/C15H16F3NO2/c16-15(17,18)10-19(13-6-7-13)9-12-4-2-1-3-11(12)5-8-14(20)21/h1-5,8,13H,6-7,9-10H2,(H,20,21). The van der Waals surface area contributed by atoms with Crippen LogP contribution in [0.15, 0.2) is 30.3 Å². The fourth-order valence-electron chi connectivity index (χ4n) is 2.20. The van der Waals surface area contributed by atoms with Crippen LogP contribution >= 0.6 is 0 Å². The van der Waals surface area contributed by atoms with E-state index in [2.05, 4.69) is 0 Å². The van der Waals surface area contributed by atoms with Gasteiger partial charge in [-0.2, -0.15) is 13.2 Å². The minimum Gasteiger partial charge on any atom is -0.478 e. The molecular formula is C15H16F3NO2. The molecule has 1 aliphatic rings. The van der Waals surface area contributed by atoms with Gasteiger partial charge in [0.1, 0.15) is 0 Å². The number of benzene rings is 1. The molecule has 0 aliphatic heterocycles. The molecule has 2 rings (SSSR count). The van der Waals surface area contributed by atoms with Crippen molar-refractivity contribution in [3.8, 4) is 0 Å². The molecule has 1 N–H and O–H groups in total. The Balaban J connectivity index is 2.15. The first-order valence-corrected chi connectivity index (χ1v) is 6.65. The van der Waals surface area contributed by atoms with Gasteiger partial charge >= 0.3 is 12.1 Å². The number of carboxylic acid groups (broad SMARTS) is 1. The summed E-state index contributed by atoms with van der Waals surface area (Å²) in [7, 11) is 0. The van der Waals surface area contributed by atoms with Crippen molar-refractivity contribution in [3.05, 3.63) is 41.5 Å². The molecule has 0 saturated heterocycles. The van der Waals surface area contributed by atoms with E-state index in [1.165, 1.54) is 11.0 Å². The van der Waals surface area contributed by atoms with E-state index in [1.807, 2.05) is 0 Å². The number of carboxylic acids is 1. The molecule has 1 aromatic rings. The SMILES string of the molecule is O=C(O)C=Cc1ccccc1CN(CC(F)(F)F)C1CC1. The van der Waals surface area contributed by atoms with Crippen LogP contribution in [0.5, 0.6) is 0 Å². The fraction of sp³-hybridized carbons (Fsp3) is 0.400. The first kappa shape index (κ1) is 15.6. The third-order valence-electron chi connectivity index (χ3n) is 3.28. The Hall–Kier alpha value is -1.82. The van der Waals surface area contributed by atoms with E-state index in [0.29, 0.717) is 11.1 Å². The van der Waals surface area contributed by atoms with Gasteiger partial charge in [0.25, 0.3) is 0 Å². The van der Waals surface area contributed by atoms with Crippen molar-refractivity contribution >= 4 is 12.0 Å². The van der Waals surface area contributed by atoms with E-state index >= 15 is 0 Å². The van der Waals surface area contributed by atoms with Crippen LogP contribution in [-0.2, 0) is 11.3 Å². The summed E-state index contributed by atoms with van der Waals surface area (Å²) in [5.74, 6) is -1.08. The van der Waals surface area contributed by atoms with Crippen LogP contribution in [0.4, 0.5) is 13.2 Å². The molecule has 0 unspecified atom stereocenters. The Kier molecular flexibility index (Phi) is 4.67. The first-order chi connectivity index (χ1) is 9.85. The molecule has 0 amide bonds. The van der Waals surface area contributed by atoms with Gasteiger partial charge in [-0.3, -0.25) is 4.90 Å². The Morgan fingerprint density at radius 1 is 1.33 bits per heavy atom. The van der Waals surface area contributed by atoms with Crippen molar-refractivity contribution in [2.75, 3.05) is 6.54 Å². The summed E-state index contributed by atoms with van der Waals surface area (Å²) in [6, 6.07) is 6.88. The maximum atomic E-state index is 12.6. The lowest BCUT2D eigenvalue weighted by atomic mass is 10.1. The molecule has 0 bridgehead atoms. The second kappa shape index (κ2) is 6.30. The van der Waals surface area contributed by atoms with E-state index < -0.39 is 18.7 Å². The highest BCUT2D eigenvalue weighted by Crippen LogP contribution is 2.32.